The quantitative estimate of drug-likeness (QED) is 0.501. The lowest BCUT2D eigenvalue weighted by molar-refractivity contribution is -0.387. The van der Waals surface area contributed by atoms with Gasteiger partial charge in [-0.2, -0.15) is 0 Å². The van der Waals surface area contributed by atoms with Crippen LogP contribution >= 0.6 is 0 Å². The van der Waals surface area contributed by atoms with Gasteiger partial charge in [0, 0.05) is 17.8 Å². The molecule has 0 amide bonds. The Kier molecular flexibility index (Phi) is 3.94. The molecule has 1 aliphatic rings. The average molecular weight is 313 g/mol. The van der Waals surface area contributed by atoms with Crippen molar-refractivity contribution in [2.45, 2.75) is 44.0 Å². The first-order chi connectivity index (χ1) is 9.63. The highest BCUT2D eigenvalue weighted by atomic mass is 32.2. The van der Waals surface area contributed by atoms with Crippen molar-refractivity contribution in [3.8, 4) is 0 Å². The lowest BCUT2D eigenvalue weighted by Gasteiger charge is -2.27. The van der Waals surface area contributed by atoms with E-state index in [1.54, 1.807) is 0 Å². The first kappa shape index (κ1) is 15.7. The fraction of sp³-hybridized carbons (Fsp3) is 0.538. The first-order valence-electron chi connectivity index (χ1n) is 6.70. The highest BCUT2D eigenvalue weighted by Crippen LogP contribution is 2.38. The van der Waals surface area contributed by atoms with Crippen molar-refractivity contribution < 1.29 is 13.3 Å². The van der Waals surface area contributed by atoms with Gasteiger partial charge in [0.2, 0.25) is 10.0 Å². The zero-order valence-electron chi connectivity index (χ0n) is 12.0. The summed E-state index contributed by atoms with van der Waals surface area (Å²) in [5, 5.41) is 11.0. The van der Waals surface area contributed by atoms with E-state index in [2.05, 4.69) is 4.72 Å². The molecule has 0 aromatic heterocycles. The van der Waals surface area contributed by atoms with Gasteiger partial charge in [0.15, 0.2) is 4.90 Å². The third kappa shape index (κ3) is 3.16. The van der Waals surface area contributed by atoms with Gasteiger partial charge in [-0.25, -0.2) is 13.1 Å². The molecule has 3 N–H and O–H groups in total. The van der Waals surface area contributed by atoms with E-state index in [1.165, 1.54) is 6.07 Å². The predicted octanol–water partition coefficient (Wildman–Crippen LogP) is 2.03. The van der Waals surface area contributed by atoms with Gasteiger partial charge in [-0.15, -0.1) is 0 Å². The monoisotopic (exact) mass is 313 g/mol. The van der Waals surface area contributed by atoms with Gasteiger partial charge >= 0.3 is 0 Å². The molecule has 1 aromatic carbocycles. The molecule has 2 rings (SSSR count). The van der Waals surface area contributed by atoms with Crippen molar-refractivity contribution >= 4 is 21.4 Å². The van der Waals surface area contributed by atoms with Crippen LogP contribution in [0.4, 0.5) is 11.4 Å². The van der Waals surface area contributed by atoms with Gasteiger partial charge < -0.3 is 5.73 Å². The summed E-state index contributed by atoms with van der Waals surface area (Å²) in [4.78, 5) is 9.92. The number of nitro groups is 1. The molecule has 116 valence electrons. The van der Waals surface area contributed by atoms with Crippen molar-refractivity contribution in [3.63, 3.8) is 0 Å². The van der Waals surface area contributed by atoms with Crippen LogP contribution in [-0.4, -0.2) is 19.4 Å². The van der Waals surface area contributed by atoms with Crippen molar-refractivity contribution in [1.82, 2.24) is 4.72 Å². The second-order valence-corrected chi connectivity index (χ2v) is 7.72. The Bertz CT molecular complexity index is 670. The highest BCUT2D eigenvalue weighted by molar-refractivity contribution is 7.89. The molecule has 1 saturated carbocycles. The van der Waals surface area contributed by atoms with Crippen molar-refractivity contribution in [2.75, 3.05) is 5.73 Å². The number of hydrogen-bond acceptors (Lipinski definition) is 5. The molecule has 7 nitrogen and oxygen atoms in total. The normalized spacial score (nSPS) is 21.3. The maximum atomic E-state index is 12.5. The van der Waals surface area contributed by atoms with Crippen LogP contribution in [0.15, 0.2) is 23.1 Å². The fourth-order valence-electron chi connectivity index (χ4n) is 2.69. The van der Waals surface area contributed by atoms with E-state index in [0.717, 1.165) is 31.4 Å². The third-order valence-corrected chi connectivity index (χ3v) is 5.53. The van der Waals surface area contributed by atoms with Crippen LogP contribution in [0.5, 0.6) is 0 Å². The van der Waals surface area contributed by atoms with Crippen LogP contribution in [0, 0.1) is 15.5 Å². The van der Waals surface area contributed by atoms with Crippen molar-refractivity contribution in [3.05, 3.63) is 28.3 Å². The summed E-state index contributed by atoms with van der Waals surface area (Å²) in [5.74, 6) is 0. The molecule has 1 atom stereocenters. The van der Waals surface area contributed by atoms with E-state index in [4.69, 9.17) is 5.73 Å². The molecular formula is C13H19N3O4S. The maximum Gasteiger partial charge on any atom is 0.289 e. The molecule has 1 fully saturated rings. The number of benzene rings is 1. The number of rotatable bonds is 4. The van der Waals surface area contributed by atoms with Gasteiger partial charge in [0.25, 0.3) is 5.69 Å². The topological polar surface area (TPSA) is 115 Å². The van der Waals surface area contributed by atoms with Crippen LogP contribution in [-0.2, 0) is 10.0 Å². The zero-order chi connectivity index (χ0) is 15.8. The molecule has 1 aromatic rings. The number of nitro benzene ring substituents is 1. The molecule has 21 heavy (non-hydrogen) atoms. The largest absolute Gasteiger partial charge is 0.399 e. The van der Waals surface area contributed by atoms with Crippen molar-refractivity contribution in [1.29, 1.82) is 0 Å². The summed E-state index contributed by atoms with van der Waals surface area (Å²) in [7, 11) is -3.98. The number of anilines is 1. The summed E-state index contributed by atoms with van der Waals surface area (Å²) in [6.07, 6.45) is 2.57. The molecule has 0 bridgehead atoms. The second kappa shape index (κ2) is 5.27. The standard InChI is InChI=1S/C13H19N3O4S/c1-13(2)7-3-4-12(13)15-21(19,20)11-8-9(14)5-6-10(11)16(17)18/h5-6,8,12,15H,3-4,7,14H2,1-2H3. The Balaban J connectivity index is 2.40. The van der Waals surface area contributed by atoms with E-state index in [9.17, 15) is 18.5 Å². The van der Waals surface area contributed by atoms with Crippen LogP contribution in [0.1, 0.15) is 33.1 Å². The molecular weight excluding hydrogens is 294 g/mol. The second-order valence-electron chi connectivity index (χ2n) is 6.04. The van der Waals surface area contributed by atoms with Crippen LogP contribution in [0.25, 0.3) is 0 Å². The molecule has 0 heterocycles. The van der Waals surface area contributed by atoms with Gasteiger partial charge in [-0.05, 0) is 30.4 Å². The van der Waals surface area contributed by atoms with Crippen LogP contribution in [0.2, 0.25) is 0 Å². The third-order valence-electron chi connectivity index (χ3n) is 4.02. The lowest BCUT2D eigenvalue weighted by Crippen LogP contribution is -2.41. The van der Waals surface area contributed by atoms with E-state index in [0.29, 0.717) is 0 Å². The van der Waals surface area contributed by atoms with Gasteiger partial charge in [0.05, 0.1) is 4.92 Å². The molecule has 8 heteroatoms. The summed E-state index contributed by atoms with van der Waals surface area (Å²) < 4.78 is 27.6. The Labute approximate surface area is 123 Å². The van der Waals surface area contributed by atoms with E-state index in [1.807, 2.05) is 13.8 Å². The number of nitrogen functional groups attached to an aromatic ring is 1. The smallest absolute Gasteiger partial charge is 0.289 e. The van der Waals surface area contributed by atoms with Gasteiger partial charge in [-0.3, -0.25) is 10.1 Å². The molecule has 1 unspecified atom stereocenters. The molecule has 0 saturated heterocycles. The number of nitrogens with one attached hydrogen (secondary N) is 1. The minimum absolute atomic E-state index is 0.165. The first-order valence-corrected chi connectivity index (χ1v) is 8.18. The van der Waals surface area contributed by atoms with Crippen molar-refractivity contribution in [2.24, 2.45) is 5.41 Å². The Hall–Kier alpha value is -1.67. The van der Waals surface area contributed by atoms with E-state index >= 15 is 0 Å². The summed E-state index contributed by atoms with van der Waals surface area (Å²) in [6.45, 7) is 3.97. The molecule has 0 radical (unpaired) electrons. The molecule has 0 spiro atoms. The Morgan fingerprint density at radius 1 is 1.43 bits per heavy atom. The lowest BCUT2D eigenvalue weighted by atomic mass is 9.88. The van der Waals surface area contributed by atoms with Gasteiger partial charge in [0.1, 0.15) is 0 Å². The molecule has 0 aliphatic heterocycles. The Morgan fingerprint density at radius 2 is 2.10 bits per heavy atom. The molecule has 1 aliphatic carbocycles. The maximum absolute atomic E-state index is 12.5. The van der Waals surface area contributed by atoms with E-state index in [-0.39, 0.29) is 22.0 Å². The average Bonchev–Trinajstić information content (AvgIpc) is 2.67. The highest BCUT2D eigenvalue weighted by Gasteiger charge is 2.38. The number of hydrogen-bond donors (Lipinski definition) is 2. The fourth-order valence-corrected chi connectivity index (χ4v) is 4.34. The number of sulfonamides is 1. The number of nitrogens with zero attached hydrogens (tertiary/aromatic N) is 1. The number of nitrogens with two attached hydrogens (primary N) is 1. The zero-order valence-corrected chi connectivity index (χ0v) is 12.8. The van der Waals surface area contributed by atoms with Crippen LogP contribution in [0.3, 0.4) is 0 Å². The predicted molar refractivity (Wildman–Crippen MR) is 79.3 cm³/mol. The summed E-state index contributed by atoms with van der Waals surface area (Å²) >= 11 is 0. The minimum Gasteiger partial charge on any atom is -0.399 e. The Morgan fingerprint density at radius 3 is 2.62 bits per heavy atom. The minimum atomic E-state index is -3.98. The SMILES string of the molecule is CC1(C)CCCC1NS(=O)(=O)c1cc(N)ccc1[N+](=O)[O-]. The van der Waals surface area contributed by atoms with Gasteiger partial charge in [-0.1, -0.05) is 20.3 Å². The summed E-state index contributed by atoms with van der Waals surface area (Å²) in [5.41, 5.74) is 5.11. The summed E-state index contributed by atoms with van der Waals surface area (Å²) in [6, 6.07) is 3.33. The van der Waals surface area contributed by atoms with Crippen LogP contribution < -0.4 is 10.5 Å². The van der Waals surface area contributed by atoms with E-state index < -0.39 is 20.6 Å².